The number of aliphatic carboxylic acids is 1. The van der Waals surface area contributed by atoms with Gasteiger partial charge >= 0.3 is 18.3 Å². The smallest absolute Gasteiger partial charge is 0.475 e. The first-order valence-corrected chi connectivity index (χ1v) is 10.7. The molecule has 178 valence electrons. The fourth-order valence-electron chi connectivity index (χ4n) is 3.43. The van der Waals surface area contributed by atoms with Gasteiger partial charge in [-0.25, -0.2) is 17.2 Å². The largest absolute Gasteiger partial charge is 0.490 e. The van der Waals surface area contributed by atoms with Crippen LogP contribution in [-0.4, -0.2) is 36.2 Å². The summed E-state index contributed by atoms with van der Waals surface area (Å²) in [6.07, 6.45) is -7.78. The number of benzene rings is 2. The number of hydrogen-bond donors (Lipinski definition) is 2. The van der Waals surface area contributed by atoms with Crippen molar-refractivity contribution in [3.63, 3.8) is 0 Å². The molecule has 1 aliphatic heterocycles. The first-order valence-electron chi connectivity index (χ1n) is 9.29. The molecule has 13 heteroatoms. The van der Waals surface area contributed by atoms with E-state index in [0.29, 0.717) is 25.0 Å². The maximum atomic E-state index is 13.3. The molecule has 0 amide bonds. The van der Waals surface area contributed by atoms with E-state index in [1.165, 1.54) is 18.3 Å². The third-order valence-electron chi connectivity index (χ3n) is 4.82. The van der Waals surface area contributed by atoms with E-state index in [2.05, 4.69) is 5.32 Å². The van der Waals surface area contributed by atoms with Gasteiger partial charge in [0.15, 0.2) is 0 Å². The SMILES string of the molecule is O=C(O)C(F)(F)F.O=S(=O)(c1ccccc1C(F)(F)F)n1cc2c3c(cccc31)CNCC2. The van der Waals surface area contributed by atoms with Gasteiger partial charge in [0.2, 0.25) is 0 Å². The van der Waals surface area contributed by atoms with Crippen molar-refractivity contribution in [2.75, 3.05) is 6.54 Å². The fraction of sp³-hybridized carbons (Fsp3) is 0.250. The van der Waals surface area contributed by atoms with Gasteiger partial charge in [-0.2, -0.15) is 26.3 Å². The van der Waals surface area contributed by atoms with E-state index in [-0.39, 0.29) is 0 Å². The Labute approximate surface area is 183 Å². The number of rotatable bonds is 2. The highest BCUT2D eigenvalue weighted by molar-refractivity contribution is 7.90. The first-order chi connectivity index (χ1) is 15.2. The number of hydrogen-bond acceptors (Lipinski definition) is 4. The summed E-state index contributed by atoms with van der Waals surface area (Å²) in [7, 11) is -4.39. The molecule has 0 radical (unpaired) electrons. The van der Waals surface area contributed by atoms with Gasteiger partial charge in [0, 0.05) is 18.1 Å². The molecular formula is C20H16F6N2O4S. The Kier molecular flexibility index (Phi) is 6.48. The molecule has 0 bridgehead atoms. The summed E-state index contributed by atoms with van der Waals surface area (Å²) in [6, 6.07) is 9.51. The van der Waals surface area contributed by atoms with Crippen LogP contribution in [0.25, 0.3) is 10.9 Å². The van der Waals surface area contributed by atoms with Crippen molar-refractivity contribution in [1.82, 2.24) is 9.29 Å². The molecule has 0 atom stereocenters. The monoisotopic (exact) mass is 494 g/mol. The summed E-state index contributed by atoms with van der Waals surface area (Å²) < 4.78 is 98.9. The highest BCUT2D eigenvalue weighted by Gasteiger charge is 2.39. The summed E-state index contributed by atoms with van der Waals surface area (Å²) in [6.45, 7) is 1.26. The van der Waals surface area contributed by atoms with Crippen molar-refractivity contribution in [2.24, 2.45) is 0 Å². The van der Waals surface area contributed by atoms with Crippen LogP contribution in [0.2, 0.25) is 0 Å². The zero-order chi connectivity index (χ0) is 24.6. The third kappa shape index (κ3) is 4.98. The van der Waals surface area contributed by atoms with E-state index < -0.39 is 38.8 Å². The van der Waals surface area contributed by atoms with Crippen LogP contribution >= 0.6 is 0 Å². The van der Waals surface area contributed by atoms with E-state index in [1.807, 2.05) is 6.07 Å². The van der Waals surface area contributed by atoms with Gasteiger partial charge in [-0.15, -0.1) is 0 Å². The predicted octanol–water partition coefficient (Wildman–Crippen LogP) is 4.18. The van der Waals surface area contributed by atoms with Crippen molar-refractivity contribution in [3.05, 3.63) is 65.4 Å². The van der Waals surface area contributed by atoms with Gasteiger partial charge in [-0.3, -0.25) is 0 Å². The second-order valence-corrected chi connectivity index (χ2v) is 8.77. The lowest BCUT2D eigenvalue weighted by atomic mass is 10.1. The Morgan fingerprint density at radius 1 is 0.970 bits per heavy atom. The number of nitrogens with zero attached hydrogens (tertiary/aromatic N) is 1. The number of alkyl halides is 6. The van der Waals surface area contributed by atoms with E-state index in [4.69, 9.17) is 9.90 Å². The van der Waals surface area contributed by atoms with Crippen LogP contribution in [0.5, 0.6) is 0 Å². The third-order valence-corrected chi connectivity index (χ3v) is 6.55. The molecule has 2 N–H and O–H groups in total. The molecule has 2 aromatic carbocycles. The van der Waals surface area contributed by atoms with Gasteiger partial charge in [0.05, 0.1) is 11.1 Å². The van der Waals surface area contributed by atoms with Crippen LogP contribution < -0.4 is 5.32 Å². The minimum absolute atomic E-state index is 0.401. The number of carbonyl (C=O) groups is 1. The second kappa shape index (κ2) is 8.71. The minimum Gasteiger partial charge on any atom is -0.475 e. The predicted molar refractivity (Wildman–Crippen MR) is 105 cm³/mol. The molecule has 0 saturated carbocycles. The molecule has 1 aromatic heterocycles. The van der Waals surface area contributed by atoms with Gasteiger partial charge in [-0.05, 0) is 42.3 Å². The lowest BCUT2D eigenvalue weighted by molar-refractivity contribution is -0.192. The van der Waals surface area contributed by atoms with Crippen molar-refractivity contribution in [3.8, 4) is 0 Å². The quantitative estimate of drug-likeness (QED) is 0.522. The standard InChI is InChI=1S/C18H15F3N2O2S.C2HF3O2/c19-18(20,21)14-5-1-2-7-16(14)26(24,25)23-11-13-8-9-22-10-12-4-3-6-15(23)17(12)13;3-2(4,5)1(6)7/h1-7,11,22H,8-10H2;(H,6,7). The Balaban J connectivity index is 0.000000383. The number of nitrogens with one attached hydrogen (secondary N) is 1. The van der Waals surface area contributed by atoms with Gasteiger partial charge in [-0.1, -0.05) is 24.3 Å². The first kappa shape index (κ1) is 24.6. The topological polar surface area (TPSA) is 88.4 Å². The van der Waals surface area contributed by atoms with Crippen molar-refractivity contribution in [1.29, 1.82) is 0 Å². The minimum atomic E-state index is -5.08. The van der Waals surface area contributed by atoms with Crippen molar-refractivity contribution >= 4 is 26.9 Å². The van der Waals surface area contributed by atoms with Crippen LogP contribution in [0.3, 0.4) is 0 Å². The summed E-state index contributed by atoms with van der Waals surface area (Å²) in [5, 5.41) is 11.2. The fourth-order valence-corrected chi connectivity index (χ4v) is 5.03. The number of aromatic nitrogens is 1. The number of carboxylic acid groups (broad SMARTS) is 1. The lowest BCUT2D eigenvalue weighted by Crippen LogP contribution is -2.21. The Hall–Kier alpha value is -3.06. The summed E-state index contributed by atoms with van der Waals surface area (Å²) >= 11 is 0. The highest BCUT2D eigenvalue weighted by Crippen LogP contribution is 2.36. The Morgan fingerprint density at radius 3 is 2.21 bits per heavy atom. The number of halogens is 6. The van der Waals surface area contributed by atoms with Crippen LogP contribution in [-0.2, 0) is 34.0 Å². The van der Waals surface area contributed by atoms with Crippen molar-refractivity contribution in [2.45, 2.75) is 30.2 Å². The van der Waals surface area contributed by atoms with Gasteiger partial charge in [0.1, 0.15) is 4.90 Å². The van der Waals surface area contributed by atoms with E-state index in [1.54, 1.807) is 12.1 Å². The van der Waals surface area contributed by atoms with E-state index in [9.17, 15) is 34.8 Å². The van der Waals surface area contributed by atoms with Gasteiger partial charge < -0.3 is 10.4 Å². The molecular weight excluding hydrogens is 478 g/mol. The molecule has 33 heavy (non-hydrogen) atoms. The molecule has 4 rings (SSSR count). The second-order valence-electron chi connectivity index (χ2n) is 6.99. The molecule has 2 heterocycles. The zero-order valence-electron chi connectivity index (χ0n) is 16.5. The molecule has 3 aromatic rings. The average molecular weight is 494 g/mol. The highest BCUT2D eigenvalue weighted by atomic mass is 32.2. The maximum Gasteiger partial charge on any atom is 0.490 e. The molecule has 0 fully saturated rings. The van der Waals surface area contributed by atoms with Gasteiger partial charge in [0.25, 0.3) is 10.0 Å². The summed E-state index contributed by atoms with van der Waals surface area (Å²) in [5.41, 5.74) is 0.994. The number of carboxylic acids is 1. The molecule has 0 saturated heterocycles. The molecule has 0 aliphatic carbocycles. The zero-order valence-corrected chi connectivity index (χ0v) is 17.4. The summed E-state index contributed by atoms with van der Waals surface area (Å²) in [4.78, 5) is 8.16. The van der Waals surface area contributed by atoms with Crippen LogP contribution in [0, 0.1) is 0 Å². The normalized spacial score (nSPS) is 14.4. The maximum absolute atomic E-state index is 13.3. The molecule has 1 aliphatic rings. The summed E-state index contributed by atoms with van der Waals surface area (Å²) in [5.74, 6) is -2.76. The van der Waals surface area contributed by atoms with E-state index in [0.717, 1.165) is 32.6 Å². The van der Waals surface area contributed by atoms with Crippen LogP contribution in [0.1, 0.15) is 16.7 Å². The average Bonchev–Trinajstić information content (AvgIpc) is 2.97. The Bertz CT molecular complexity index is 1300. The van der Waals surface area contributed by atoms with E-state index >= 15 is 0 Å². The molecule has 0 spiro atoms. The molecule has 0 unspecified atom stereocenters. The van der Waals surface area contributed by atoms with Crippen molar-refractivity contribution < 1.29 is 44.7 Å². The molecule has 6 nitrogen and oxygen atoms in total. The van der Waals surface area contributed by atoms with Crippen LogP contribution in [0.4, 0.5) is 26.3 Å². The van der Waals surface area contributed by atoms with Crippen LogP contribution in [0.15, 0.2) is 53.6 Å². The Morgan fingerprint density at radius 2 is 1.61 bits per heavy atom. The lowest BCUT2D eigenvalue weighted by Gasteiger charge is -2.14.